The highest BCUT2D eigenvalue weighted by atomic mass is 35.5. The number of rotatable bonds is 9. The minimum absolute atomic E-state index is 0.189. The highest BCUT2D eigenvalue weighted by Gasteiger charge is 2.35. The lowest BCUT2D eigenvalue weighted by atomic mass is 9.69. The van der Waals surface area contributed by atoms with Gasteiger partial charge in [0.1, 0.15) is 19.6 Å². The minimum Gasteiger partial charge on any atom is -0.378 e. The van der Waals surface area contributed by atoms with Crippen LogP contribution in [0.4, 0.5) is 11.4 Å². The first-order chi connectivity index (χ1) is 20.9. The SMILES string of the molecule is BC(Nc1cc(Cl)c2ncc(C#N)c(N[C@@H](CC#N)c3ccccc3)c2c1)(c1cccc(C#N)c1)c1cn(C2CC2)nn1. The van der Waals surface area contributed by atoms with Crippen molar-refractivity contribution < 1.29 is 0 Å². The van der Waals surface area contributed by atoms with Gasteiger partial charge < -0.3 is 10.6 Å². The Morgan fingerprint density at radius 2 is 1.86 bits per heavy atom. The van der Waals surface area contributed by atoms with Crippen molar-refractivity contribution in [3.8, 4) is 18.2 Å². The molecule has 5 aromatic rings. The monoisotopic (exact) mass is 581 g/mol. The molecule has 2 atom stereocenters. The van der Waals surface area contributed by atoms with Crippen LogP contribution in [0.5, 0.6) is 0 Å². The van der Waals surface area contributed by atoms with Gasteiger partial charge in [-0.1, -0.05) is 59.3 Å². The molecule has 3 aromatic carbocycles. The van der Waals surface area contributed by atoms with Gasteiger partial charge in [0.2, 0.25) is 0 Å². The van der Waals surface area contributed by atoms with Crippen LogP contribution in [0, 0.1) is 34.0 Å². The largest absolute Gasteiger partial charge is 0.378 e. The lowest BCUT2D eigenvalue weighted by Gasteiger charge is -2.31. The number of nitrogens with zero attached hydrogens (tertiary/aromatic N) is 7. The topological polar surface area (TPSA) is 139 Å². The first kappa shape index (κ1) is 27.8. The fraction of sp³-hybridized carbons (Fsp3) is 0.188. The van der Waals surface area contributed by atoms with Crippen LogP contribution in [0.2, 0.25) is 5.02 Å². The first-order valence-corrected chi connectivity index (χ1v) is 14.2. The predicted molar refractivity (Wildman–Crippen MR) is 167 cm³/mol. The summed E-state index contributed by atoms with van der Waals surface area (Å²) in [5.41, 5.74) is 4.10. The fourth-order valence-corrected chi connectivity index (χ4v) is 5.54. The highest BCUT2D eigenvalue weighted by molar-refractivity contribution is 6.36. The molecular formula is C32H25BClN9. The molecule has 1 aliphatic rings. The number of fused-ring (bicyclic) bond motifs is 1. The molecule has 1 unspecified atom stereocenters. The van der Waals surface area contributed by atoms with Crippen molar-refractivity contribution in [3.05, 3.63) is 112 Å². The minimum atomic E-state index is -0.891. The number of nitriles is 3. The van der Waals surface area contributed by atoms with Crippen LogP contribution in [0.1, 0.15) is 59.3 Å². The average Bonchev–Trinajstić information content (AvgIpc) is 3.76. The summed E-state index contributed by atoms with van der Waals surface area (Å²) in [5.74, 6) is 0. The molecule has 208 valence electrons. The van der Waals surface area contributed by atoms with E-state index in [9.17, 15) is 15.8 Å². The quantitative estimate of drug-likeness (QED) is 0.215. The summed E-state index contributed by atoms with van der Waals surface area (Å²) < 4.78 is 1.89. The lowest BCUT2D eigenvalue weighted by molar-refractivity contribution is 0.610. The summed E-state index contributed by atoms with van der Waals surface area (Å²) in [6.07, 6.45) is 5.76. The van der Waals surface area contributed by atoms with Gasteiger partial charge in [0.25, 0.3) is 0 Å². The molecule has 1 aliphatic carbocycles. The maximum Gasteiger partial charge on any atom is 0.148 e. The standard InChI is InChI=1S/C32H25BClN9/c33-32(23-8-4-5-20(13-23)16-36,29-19-43(42-41-29)25-9-10-25)40-24-14-26-30(22(17-37)18-38-31(26)27(34)15-24)39-28(11-12-35)21-6-2-1-3-7-21/h1-8,13-15,18-19,25,28,40H,9-11,33H2,(H,38,39)/t28-,32?/m0/s1. The molecule has 0 bridgehead atoms. The summed E-state index contributed by atoms with van der Waals surface area (Å²) in [4.78, 5) is 4.50. The number of pyridine rings is 1. The van der Waals surface area contributed by atoms with Gasteiger partial charge >= 0.3 is 0 Å². The Morgan fingerprint density at radius 1 is 1.05 bits per heavy atom. The predicted octanol–water partition coefficient (Wildman–Crippen LogP) is 5.57. The Bertz CT molecular complexity index is 1950. The lowest BCUT2D eigenvalue weighted by Crippen LogP contribution is -2.38. The zero-order valence-corrected chi connectivity index (χ0v) is 24.0. The number of halogens is 1. The van der Waals surface area contributed by atoms with E-state index in [1.165, 1.54) is 6.20 Å². The Hall–Kier alpha value is -5.37. The summed E-state index contributed by atoms with van der Waals surface area (Å²) in [5, 5.41) is 46.2. The highest BCUT2D eigenvalue weighted by Crippen LogP contribution is 2.39. The molecule has 2 heterocycles. The second-order valence-corrected chi connectivity index (χ2v) is 11.1. The first-order valence-electron chi connectivity index (χ1n) is 13.9. The van der Waals surface area contributed by atoms with E-state index in [1.807, 2.05) is 73.3 Å². The number of hydrogen-bond donors (Lipinski definition) is 2. The second-order valence-electron chi connectivity index (χ2n) is 10.7. The number of nitrogens with one attached hydrogen (secondary N) is 2. The van der Waals surface area contributed by atoms with Crippen molar-refractivity contribution in [2.75, 3.05) is 10.6 Å². The van der Waals surface area contributed by atoms with Crippen LogP contribution in [-0.2, 0) is 5.44 Å². The van der Waals surface area contributed by atoms with E-state index in [0.717, 1.165) is 24.0 Å². The van der Waals surface area contributed by atoms with Gasteiger partial charge in [0.05, 0.1) is 69.6 Å². The molecule has 2 aromatic heterocycles. The Labute approximate surface area is 254 Å². The van der Waals surface area contributed by atoms with Crippen LogP contribution in [0.25, 0.3) is 10.9 Å². The van der Waals surface area contributed by atoms with Gasteiger partial charge in [-0.15, -0.1) is 5.10 Å². The Morgan fingerprint density at radius 3 is 2.58 bits per heavy atom. The molecule has 6 rings (SSSR count). The summed E-state index contributed by atoms with van der Waals surface area (Å²) >= 11 is 6.83. The molecule has 0 radical (unpaired) electrons. The summed E-state index contributed by atoms with van der Waals surface area (Å²) in [6, 6.07) is 27.4. The third-order valence-electron chi connectivity index (χ3n) is 7.77. The van der Waals surface area contributed by atoms with Crippen LogP contribution in [0.15, 0.2) is 79.1 Å². The van der Waals surface area contributed by atoms with Crippen LogP contribution in [0.3, 0.4) is 0 Å². The van der Waals surface area contributed by atoms with Crippen molar-refractivity contribution >= 4 is 41.7 Å². The van der Waals surface area contributed by atoms with Gasteiger partial charge in [0, 0.05) is 17.3 Å². The molecule has 0 spiro atoms. The van der Waals surface area contributed by atoms with Crippen molar-refractivity contribution in [1.29, 1.82) is 15.8 Å². The average molecular weight is 582 g/mol. The normalized spacial score (nSPS) is 14.6. The molecule has 0 aliphatic heterocycles. The molecule has 1 fully saturated rings. The van der Waals surface area contributed by atoms with E-state index in [2.05, 4.69) is 44.1 Å². The number of benzene rings is 3. The van der Waals surface area contributed by atoms with E-state index >= 15 is 0 Å². The van der Waals surface area contributed by atoms with Gasteiger partial charge in [-0.3, -0.25) is 4.98 Å². The molecule has 9 nitrogen and oxygen atoms in total. The van der Waals surface area contributed by atoms with E-state index in [1.54, 1.807) is 12.1 Å². The van der Waals surface area contributed by atoms with Gasteiger partial charge in [0.15, 0.2) is 0 Å². The summed E-state index contributed by atoms with van der Waals surface area (Å²) in [7, 11) is 1.99. The molecule has 2 N–H and O–H groups in total. The number of aromatic nitrogens is 4. The third-order valence-corrected chi connectivity index (χ3v) is 8.06. The zero-order valence-electron chi connectivity index (χ0n) is 23.3. The maximum atomic E-state index is 10.0. The zero-order chi connectivity index (χ0) is 30.0. The second kappa shape index (κ2) is 11.5. The van der Waals surface area contributed by atoms with E-state index in [-0.39, 0.29) is 12.5 Å². The maximum absolute atomic E-state index is 10.0. The van der Waals surface area contributed by atoms with Crippen molar-refractivity contribution in [2.24, 2.45) is 0 Å². The van der Waals surface area contributed by atoms with Gasteiger partial charge in [-0.25, -0.2) is 4.68 Å². The smallest absolute Gasteiger partial charge is 0.148 e. The molecular weight excluding hydrogens is 557 g/mol. The van der Waals surface area contributed by atoms with Crippen molar-refractivity contribution in [1.82, 2.24) is 20.0 Å². The molecule has 0 saturated heterocycles. The number of anilines is 2. The van der Waals surface area contributed by atoms with Crippen molar-refractivity contribution in [2.45, 2.75) is 36.8 Å². The van der Waals surface area contributed by atoms with E-state index in [4.69, 9.17) is 11.6 Å². The van der Waals surface area contributed by atoms with Gasteiger partial charge in [-0.05, 0) is 48.2 Å². The summed E-state index contributed by atoms with van der Waals surface area (Å²) in [6.45, 7) is 0. The Kier molecular flexibility index (Phi) is 7.42. The van der Waals surface area contributed by atoms with E-state index < -0.39 is 5.44 Å². The molecule has 0 amide bonds. The number of hydrogen-bond acceptors (Lipinski definition) is 8. The van der Waals surface area contributed by atoms with E-state index in [0.29, 0.717) is 50.2 Å². The van der Waals surface area contributed by atoms with Crippen LogP contribution < -0.4 is 10.6 Å². The third kappa shape index (κ3) is 5.47. The molecule has 1 saturated carbocycles. The van der Waals surface area contributed by atoms with Crippen molar-refractivity contribution in [3.63, 3.8) is 0 Å². The van der Waals surface area contributed by atoms with Crippen LogP contribution in [-0.4, -0.2) is 27.8 Å². The van der Waals surface area contributed by atoms with Crippen LogP contribution >= 0.6 is 11.6 Å². The molecule has 11 heteroatoms. The van der Waals surface area contributed by atoms with Gasteiger partial charge in [-0.2, -0.15) is 15.8 Å². The molecule has 43 heavy (non-hydrogen) atoms. The Balaban J connectivity index is 1.48. The fourth-order valence-electron chi connectivity index (χ4n) is 5.27.